The van der Waals surface area contributed by atoms with Crippen LogP contribution in [0.15, 0.2) is 47.4 Å². The second kappa shape index (κ2) is 7.57. The molecule has 2 aromatic carbocycles. The molecule has 2 nitrogen and oxygen atoms in total. The van der Waals surface area contributed by atoms with Crippen molar-refractivity contribution in [3.63, 3.8) is 0 Å². The minimum atomic E-state index is -0.617. The van der Waals surface area contributed by atoms with Gasteiger partial charge in [-0.3, -0.25) is 4.79 Å². The van der Waals surface area contributed by atoms with E-state index in [0.29, 0.717) is 5.75 Å². The first-order valence-electron chi connectivity index (χ1n) is 7.67. The van der Waals surface area contributed by atoms with Gasteiger partial charge in [-0.15, -0.1) is 23.5 Å². The van der Waals surface area contributed by atoms with Crippen LogP contribution >= 0.6 is 23.5 Å². The first kappa shape index (κ1) is 17.3. The molecule has 1 fully saturated rings. The zero-order valence-corrected chi connectivity index (χ0v) is 14.8. The van der Waals surface area contributed by atoms with E-state index in [4.69, 9.17) is 0 Å². The van der Waals surface area contributed by atoms with Crippen molar-refractivity contribution in [2.24, 2.45) is 0 Å². The number of halogens is 2. The Morgan fingerprint density at radius 2 is 1.83 bits per heavy atom. The summed E-state index contributed by atoms with van der Waals surface area (Å²) in [6.45, 7) is 2.04. The fourth-order valence-electron chi connectivity index (χ4n) is 2.65. The van der Waals surface area contributed by atoms with Gasteiger partial charge in [-0.2, -0.15) is 0 Å². The monoisotopic (exact) mass is 365 g/mol. The van der Waals surface area contributed by atoms with Crippen LogP contribution in [-0.2, 0) is 11.3 Å². The van der Waals surface area contributed by atoms with Crippen LogP contribution in [0.3, 0.4) is 0 Å². The van der Waals surface area contributed by atoms with Gasteiger partial charge in [0.2, 0.25) is 5.91 Å². The van der Waals surface area contributed by atoms with Crippen LogP contribution in [0, 0.1) is 11.6 Å². The predicted octanol–water partition coefficient (Wildman–Crippen LogP) is 4.85. The van der Waals surface area contributed by atoms with Crippen molar-refractivity contribution >= 4 is 29.4 Å². The van der Waals surface area contributed by atoms with Gasteiger partial charge in [0.15, 0.2) is 0 Å². The van der Waals surface area contributed by atoms with Crippen molar-refractivity contribution in [2.75, 3.05) is 11.5 Å². The molecule has 6 heteroatoms. The molecule has 1 aliphatic heterocycles. The lowest BCUT2D eigenvalue weighted by Gasteiger charge is -2.25. The Morgan fingerprint density at radius 1 is 1.17 bits per heavy atom. The molecule has 24 heavy (non-hydrogen) atoms. The highest BCUT2D eigenvalue weighted by Crippen LogP contribution is 2.40. The number of rotatable bonds is 5. The lowest BCUT2D eigenvalue weighted by molar-refractivity contribution is -0.128. The Labute approximate surface area is 148 Å². The molecule has 1 unspecified atom stereocenters. The first-order chi connectivity index (χ1) is 11.6. The number of benzene rings is 2. The number of thioether (sulfide) groups is 2. The molecule has 126 valence electrons. The smallest absolute Gasteiger partial charge is 0.234 e. The average molecular weight is 365 g/mol. The Morgan fingerprint density at radius 3 is 2.46 bits per heavy atom. The zero-order valence-electron chi connectivity index (χ0n) is 13.2. The fraction of sp³-hybridized carbons (Fsp3) is 0.278. The summed E-state index contributed by atoms with van der Waals surface area (Å²) in [5, 5.41) is -0.211. The van der Waals surface area contributed by atoms with Crippen LogP contribution in [0.1, 0.15) is 23.4 Å². The fourth-order valence-corrected chi connectivity index (χ4v) is 4.50. The largest absolute Gasteiger partial charge is 0.321 e. The Kier molecular flexibility index (Phi) is 5.46. The van der Waals surface area contributed by atoms with E-state index in [-0.39, 0.29) is 23.4 Å². The number of carbonyl (C=O) groups is 1. The summed E-state index contributed by atoms with van der Waals surface area (Å²) in [4.78, 5) is 14.9. The van der Waals surface area contributed by atoms with E-state index in [9.17, 15) is 13.6 Å². The molecule has 1 saturated heterocycles. The van der Waals surface area contributed by atoms with Gasteiger partial charge in [-0.05, 0) is 35.6 Å². The highest BCUT2D eigenvalue weighted by atomic mass is 32.2. The van der Waals surface area contributed by atoms with Gasteiger partial charge in [0.05, 0.1) is 12.3 Å². The summed E-state index contributed by atoms with van der Waals surface area (Å²) in [5.41, 5.74) is 0.916. The highest BCUT2D eigenvalue weighted by molar-refractivity contribution is 8.00. The summed E-state index contributed by atoms with van der Waals surface area (Å²) >= 11 is 3.23. The molecule has 1 atom stereocenters. The topological polar surface area (TPSA) is 20.3 Å². The first-order valence-corrected chi connectivity index (χ1v) is 9.70. The molecule has 0 radical (unpaired) electrons. The van der Waals surface area contributed by atoms with Crippen molar-refractivity contribution in [2.45, 2.75) is 23.7 Å². The van der Waals surface area contributed by atoms with Crippen molar-refractivity contribution in [3.8, 4) is 0 Å². The third-order valence-corrected chi connectivity index (χ3v) is 5.98. The van der Waals surface area contributed by atoms with Gasteiger partial charge in [-0.1, -0.05) is 25.1 Å². The van der Waals surface area contributed by atoms with E-state index in [0.717, 1.165) is 11.3 Å². The second-order valence-electron chi connectivity index (χ2n) is 5.39. The molecule has 0 spiro atoms. The Hall–Kier alpha value is -1.53. The van der Waals surface area contributed by atoms with Crippen molar-refractivity contribution in [1.29, 1.82) is 0 Å². The normalized spacial score (nSPS) is 17.5. The van der Waals surface area contributed by atoms with Crippen LogP contribution < -0.4 is 0 Å². The highest BCUT2D eigenvalue weighted by Gasteiger charge is 2.33. The minimum Gasteiger partial charge on any atom is -0.321 e. The molecule has 1 amide bonds. The molecule has 0 saturated carbocycles. The van der Waals surface area contributed by atoms with Gasteiger partial charge in [-0.25, -0.2) is 8.78 Å². The van der Waals surface area contributed by atoms with Crippen LogP contribution in [0.2, 0.25) is 0 Å². The molecule has 0 aliphatic carbocycles. The van der Waals surface area contributed by atoms with Crippen molar-refractivity contribution in [1.82, 2.24) is 4.90 Å². The lowest BCUT2D eigenvalue weighted by atomic mass is 10.1. The van der Waals surface area contributed by atoms with Crippen LogP contribution in [-0.4, -0.2) is 22.3 Å². The van der Waals surface area contributed by atoms with Gasteiger partial charge in [0, 0.05) is 10.5 Å². The Balaban J connectivity index is 1.84. The van der Waals surface area contributed by atoms with Crippen LogP contribution in [0.25, 0.3) is 0 Å². The van der Waals surface area contributed by atoms with E-state index in [1.165, 1.54) is 34.9 Å². The molecule has 1 heterocycles. The predicted molar refractivity (Wildman–Crippen MR) is 94.9 cm³/mol. The molecule has 0 N–H and O–H groups in total. The van der Waals surface area contributed by atoms with Crippen molar-refractivity contribution in [3.05, 3.63) is 65.2 Å². The van der Waals surface area contributed by atoms with Crippen LogP contribution in [0.5, 0.6) is 0 Å². The van der Waals surface area contributed by atoms with E-state index in [1.807, 2.05) is 24.3 Å². The third-order valence-electron chi connectivity index (χ3n) is 3.83. The number of hydrogen-bond donors (Lipinski definition) is 0. The van der Waals surface area contributed by atoms with Crippen molar-refractivity contribution < 1.29 is 13.6 Å². The third kappa shape index (κ3) is 3.59. The molecular weight excluding hydrogens is 348 g/mol. The lowest BCUT2D eigenvalue weighted by Crippen LogP contribution is -2.28. The van der Waals surface area contributed by atoms with Gasteiger partial charge in [0.25, 0.3) is 0 Å². The molecule has 2 aromatic rings. The summed E-state index contributed by atoms with van der Waals surface area (Å²) in [7, 11) is 0. The Bertz CT molecular complexity index is 716. The quantitative estimate of drug-likeness (QED) is 0.707. The summed E-state index contributed by atoms with van der Waals surface area (Å²) in [5.74, 6) is -0.0121. The molecule has 1 aliphatic rings. The number of amides is 1. The van der Waals surface area contributed by atoms with E-state index in [2.05, 4.69) is 6.92 Å². The summed E-state index contributed by atoms with van der Waals surface area (Å²) in [6, 6.07) is 11.8. The molecule has 3 rings (SSSR count). The maximum absolute atomic E-state index is 13.9. The second-order valence-corrected chi connectivity index (χ2v) is 7.79. The molecular formula is C18H17F2NOS2. The molecule has 0 bridgehead atoms. The zero-order chi connectivity index (χ0) is 17.1. The van der Waals surface area contributed by atoms with Gasteiger partial charge in [0.1, 0.15) is 17.0 Å². The number of hydrogen-bond acceptors (Lipinski definition) is 3. The maximum Gasteiger partial charge on any atom is 0.234 e. The summed E-state index contributed by atoms with van der Waals surface area (Å²) in [6.07, 6.45) is 0. The minimum absolute atomic E-state index is 0.0551. The standard InChI is InChI=1S/C18H17F2NOS2/c1-2-23-13-8-6-12(7-9-13)18-21(17(22)11-24-18)10-14-15(19)4-3-5-16(14)20/h3-9,18H,2,10-11H2,1H3. The van der Waals surface area contributed by atoms with E-state index < -0.39 is 11.6 Å². The van der Waals surface area contributed by atoms with Gasteiger partial charge >= 0.3 is 0 Å². The van der Waals surface area contributed by atoms with E-state index in [1.54, 1.807) is 16.7 Å². The number of carbonyl (C=O) groups excluding carboxylic acids is 1. The van der Waals surface area contributed by atoms with E-state index >= 15 is 0 Å². The summed E-state index contributed by atoms with van der Waals surface area (Å²) < 4.78 is 27.8. The maximum atomic E-state index is 13.9. The number of nitrogens with zero attached hydrogens (tertiary/aromatic N) is 1. The van der Waals surface area contributed by atoms with Crippen LogP contribution in [0.4, 0.5) is 8.78 Å². The average Bonchev–Trinajstić information content (AvgIpc) is 2.93. The SMILES string of the molecule is CCSc1ccc(C2SCC(=O)N2Cc2c(F)cccc2F)cc1. The molecule has 0 aromatic heterocycles. The van der Waals surface area contributed by atoms with Gasteiger partial charge < -0.3 is 4.90 Å².